The zero-order valence-corrected chi connectivity index (χ0v) is 7.93. The summed E-state index contributed by atoms with van der Waals surface area (Å²) in [6.07, 6.45) is -4.69. The Balaban J connectivity index is 2.94. The number of hydrogen-bond acceptors (Lipinski definition) is 2. The average molecular weight is 233 g/mol. The summed E-state index contributed by atoms with van der Waals surface area (Å²) in [6.45, 7) is 0. The van der Waals surface area contributed by atoms with E-state index in [9.17, 15) is 8.78 Å². The molecular formula is C6H4Cl2F2OS. The Bertz CT molecular complexity index is 277. The Morgan fingerprint density at radius 2 is 2.00 bits per heavy atom. The van der Waals surface area contributed by atoms with Gasteiger partial charge in [-0.1, -0.05) is 23.2 Å². The first-order chi connectivity index (χ1) is 5.52. The van der Waals surface area contributed by atoms with Crippen molar-refractivity contribution in [3.8, 4) is 0 Å². The Kier molecular flexibility index (Phi) is 3.29. The van der Waals surface area contributed by atoms with Gasteiger partial charge in [0.25, 0.3) is 6.43 Å². The van der Waals surface area contributed by atoms with E-state index in [4.69, 9.17) is 28.3 Å². The quantitative estimate of drug-likeness (QED) is 0.830. The average Bonchev–Trinajstić information content (AvgIpc) is 2.28. The van der Waals surface area contributed by atoms with E-state index in [0.717, 1.165) is 11.3 Å². The molecule has 1 nitrogen and oxygen atoms in total. The van der Waals surface area contributed by atoms with E-state index in [0.29, 0.717) is 0 Å². The summed E-state index contributed by atoms with van der Waals surface area (Å²) >= 11 is 12.0. The van der Waals surface area contributed by atoms with Crippen molar-refractivity contribution in [2.75, 3.05) is 0 Å². The Labute approximate surface area is 81.5 Å². The second kappa shape index (κ2) is 3.87. The van der Waals surface area contributed by atoms with Crippen LogP contribution in [0.15, 0.2) is 6.07 Å². The predicted molar refractivity (Wildman–Crippen MR) is 45.3 cm³/mol. The standard InChI is InChI=1S/C6H4Cl2F2OS/c7-3-1-2(5(8)12-3)4(11)6(9)10/h1,4,6,11H. The molecule has 0 radical (unpaired) electrons. The third kappa shape index (κ3) is 2.07. The first kappa shape index (κ1) is 10.2. The topological polar surface area (TPSA) is 20.2 Å². The maximum Gasteiger partial charge on any atom is 0.268 e. The van der Waals surface area contributed by atoms with Crippen LogP contribution in [0.1, 0.15) is 11.7 Å². The largest absolute Gasteiger partial charge is 0.382 e. The highest BCUT2D eigenvalue weighted by molar-refractivity contribution is 7.20. The molecule has 1 atom stereocenters. The van der Waals surface area contributed by atoms with E-state index >= 15 is 0 Å². The van der Waals surface area contributed by atoms with Gasteiger partial charge in [0.15, 0.2) is 0 Å². The van der Waals surface area contributed by atoms with Crippen molar-refractivity contribution < 1.29 is 13.9 Å². The third-order valence-electron chi connectivity index (χ3n) is 1.24. The Morgan fingerprint density at radius 3 is 2.33 bits per heavy atom. The molecule has 0 aliphatic heterocycles. The van der Waals surface area contributed by atoms with Gasteiger partial charge in [-0.25, -0.2) is 8.78 Å². The molecular weight excluding hydrogens is 229 g/mol. The van der Waals surface area contributed by atoms with Gasteiger partial charge in [-0.15, -0.1) is 11.3 Å². The smallest absolute Gasteiger partial charge is 0.268 e. The molecule has 1 heterocycles. The number of halogens is 4. The van der Waals surface area contributed by atoms with Gasteiger partial charge in [-0.05, 0) is 6.07 Å². The van der Waals surface area contributed by atoms with Crippen LogP contribution >= 0.6 is 34.5 Å². The minimum Gasteiger partial charge on any atom is -0.382 e. The molecule has 1 N–H and O–H groups in total. The van der Waals surface area contributed by atoms with E-state index < -0.39 is 12.5 Å². The van der Waals surface area contributed by atoms with Crippen LogP contribution in [0.4, 0.5) is 8.78 Å². The molecule has 6 heteroatoms. The SMILES string of the molecule is OC(c1cc(Cl)sc1Cl)C(F)F. The summed E-state index contributed by atoms with van der Waals surface area (Å²) in [4.78, 5) is 0. The van der Waals surface area contributed by atoms with Gasteiger partial charge in [0, 0.05) is 5.56 Å². The van der Waals surface area contributed by atoms with Crippen LogP contribution in [0.25, 0.3) is 0 Å². The molecule has 1 aromatic heterocycles. The molecule has 12 heavy (non-hydrogen) atoms. The molecule has 1 rings (SSSR count). The van der Waals surface area contributed by atoms with Crippen LogP contribution < -0.4 is 0 Å². The molecule has 0 saturated heterocycles. The van der Waals surface area contributed by atoms with Crippen molar-refractivity contribution in [2.45, 2.75) is 12.5 Å². The fraction of sp³-hybridized carbons (Fsp3) is 0.333. The molecule has 0 aliphatic rings. The summed E-state index contributed by atoms with van der Waals surface area (Å²) in [5.41, 5.74) is -0.0123. The molecule has 68 valence electrons. The minimum absolute atomic E-state index is 0.0123. The molecule has 0 bridgehead atoms. The number of aliphatic hydroxyl groups is 1. The van der Waals surface area contributed by atoms with Gasteiger partial charge in [0.05, 0.1) is 4.34 Å². The first-order valence-electron chi connectivity index (χ1n) is 2.93. The lowest BCUT2D eigenvalue weighted by Crippen LogP contribution is -2.06. The van der Waals surface area contributed by atoms with E-state index in [1.165, 1.54) is 6.07 Å². The second-order valence-corrected chi connectivity index (χ2v) is 4.34. The first-order valence-corrected chi connectivity index (χ1v) is 4.50. The van der Waals surface area contributed by atoms with Gasteiger partial charge >= 0.3 is 0 Å². The summed E-state index contributed by atoms with van der Waals surface area (Å²) in [6, 6.07) is 1.24. The normalized spacial score (nSPS) is 13.8. The highest BCUT2D eigenvalue weighted by Crippen LogP contribution is 2.36. The molecule has 0 amide bonds. The molecule has 0 aliphatic carbocycles. The van der Waals surface area contributed by atoms with Crippen molar-refractivity contribution in [1.29, 1.82) is 0 Å². The van der Waals surface area contributed by atoms with Gasteiger partial charge in [-0.3, -0.25) is 0 Å². The summed E-state index contributed by atoms with van der Waals surface area (Å²) in [7, 11) is 0. The second-order valence-electron chi connectivity index (χ2n) is 2.06. The summed E-state index contributed by atoms with van der Waals surface area (Å²) in [5.74, 6) is 0. The lowest BCUT2D eigenvalue weighted by atomic mass is 10.2. The summed E-state index contributed by atoms with van der Waals surface area (Å²) in [5, 5.41) is 8.91. The highest BCUT2D eigenvalue weighted by atomic mass is 35.5. The lowest BCUT2D eigenvalue weighted by molar-refractivity contribution is -0.00548. The Morgan fingerprint density at radius 1 is 1.42 bits per heavy atom. The van der Waals surface area contributed by atoms with Gasteiger partial charge < -0.3 is 5.11 Å². The molecule has 0 spiro atoms. The number of hydrogen-bond donors (Lipinski definition) is 1. The zero-order chi connectivity index (χ0) is 9.30. The van der Waals surface area contributed by atoms with E-state index in [2.05, 4.69) is 0 Å². The third-order valence-corrected chi connectivity index (χ3v) is 2.76. The zero-order valence-electron chi connectivity index (χ0n) is 5.60. The van der Waals surface area contributed by atoms with Crippen LogP contribution in [0.2, 0.25) is 8.67 Å². The number of rotatable bonds is 2. The van der Waals surface area contributed by atoms with E-state index in [1.54, 1.807) is 0 Å². The molecule has 1 aromatic rings. The fourth-order valence-corrected chi connectivity index (χ4v) is 2.23. The molecule has 0 aromatic carbocycles. The van der Waals surface area contributed by atoms with Gasteiger partial charge in [-0.2, -0.15) is 0 Å². The monoisotopic (exact) mass is 232 g/mol. The maximum absolute atomic E-state index is 12.0. The van der Waals surface area contributed by atoms with Crippen molar-refractivity contribution in [3.63, 3.8) is 0 Å². The van der Waals surface area contributed by atoms with Crippen LogP contribution in [0.5, 0.6) is 0 Å². The van der Waals surface area contributed by atoms with Crippen molar-refractivity contribution in [2.24, 2.45) is 0 Å². The minimum atomic E-state index is -2.84. The van der Waals surface area contributed by atoms with Crippen molar-refractivity contribution >= 4 is 34.5 Å². The van der Waals surface area contributed by atoms with Gasteiger partial charge in [0.1, 0.15) is 10.4 Å². The lowest BCUT2D eigenvalue weighted by Gasteiger charge is -2.06. The molecule has 0 fully saturated rings. The van der Waals surface area contributed by atoms with E-state index in [-0.39, 0.29) is 14.2 Å². The predicted octanol–water partition coefficient (Wildman–Crippen LogP) is 3.35. The Hall–Kier alpha value is 0.1000. The molecule has 1 unspecified atom stereocenters. The van der Waals surface area contributed by atoms with Crippen molar-refractivity contribution in [1.82, 2.24) is 0 Å². The van der Waals surface area contributed by atoms with Crippen LogP contribution in [0, 0.1) is 0 Å². The summed E-state index contributed by atoms with van der Waals surface area (Å²) < 4.78 is 24.3. The number of alkyl halides is 2. The molecule has 0 saturated carbocycles. The van der Waals surface area contributed by atoms with E-state index in [1.807, 2.05) is 0 Å². The number of aliphatic hydroxyl groups excluding tert-OH is 1. The number of thiophene rings is 1. The fourth-order valence-electron chi connectivity index (χ4n) is 0.690. The van der Waals surface area contributed by atoms with Crippen LogP contribution in [-0.2, 0) is 0 Å². The maximum atomic E-state index is 12.0. The van der Waals surface area contributed by atoms with Gasteiger partial charge in [0.2, 0.25) is 0 Å². The van der Waals surface area contributed by atoms with Crippen molar-refractivity contribution in [3.05, 3.63) is 20.3 Å². The van der Waals surface area contributed by atoms with Crippen LogP contribution in [-0.4, -0.2) is 11.5 Å². The van der Waals surface area contributed by atoms with Crippen LogP contribution in [0.3, 0.4) is 0 Å². The highest BCUT2D eigenvalue weighted by Gasteiger charge is 2.23.